The summed E-state index contributed by atoms with van der Waals surface area (Å²) < 4.78 is 5.11. The van der Waals surface area contributed by atoms with E-state index >= 15 is 0 Å². The maximum atomic E-state index is 12.2. The second-order valence-corrected chi connectivity index (χ2v) is 5.82. The lowest BCUT2D eigenvalue weighted by molar-refractivity contribution is 0.0246. The van der Waals surface area contributed by atoms with Gasteiger partial charge >= 0.3 is 0 Å². The van der Waals surface area contributed by atoms with Crippen molar-refractivity contribution in [1.82, 2.24) is 5.32 Å². The Labute approximate surface area is 125 Å². The van der Waals surface area contributed by atoms with Gasteiger partial charge in [-0.3, -0.25) is 4.79 Å². The third-order valence-electron chi connectivity index (χ3n) is 4.04. The van der Waals surface area contributed by atoms with Gasteiger partial charge in [0.15, 0.2) is 0 Å². The molecule has 0 saturated heterocycles. The van der Waals surface area contributed by atoms with Gasteiger partial charge in [0.25, 0.3) is 5.91 Å². The first-order valence-electron chi connectivity index (χ1n) is 7.48. The minimum Gasteiger partial charge on any atom is -0.497 e. The van der Waals surface area contributed by atoms with Crippen LogP contribution in [0.2, 0.25) is 0 Å². The molecule has 0 bridgehead atoms. The van der Waals surface area contributed by atoms with E-state index in [0.717, 1.165) is 38.5 Å². The molecule has 1 aromatic carbocycles. The number of amides is 1. The fraction of sp³-hybridized carbons (Fsp3) is 0.562. The summed E-state index contributed by atoms with van der Waals surface area (Å²) in [6, 6.07) is 4.91. The fourth-order valence-electron chi connectivity index (χ4n) is 2.78. The molecule has 1 aliphatic carbocycles. The third kappa shape index (κ3) is 4.36. The molecule has 2 rings (SSSR count). The van der Waals surface area contributed by atoms with Crippen LogP contribution in [0.3, 0.4) is 0 Å². The molecule has 5 nitrogen and oxygen atoms in total. The summed E-state index contributed by atoms with van der Waals surface area (Å²) in [5.74, 6) is 0.312. The van der Waals surface area contributed by atoms with E-state index in [9.17, 15) is 9.90 Å². The quantitative estimate of drug-likeness (QED) is 0.586. The molecule has 0 aromatic heterocycles. The Morgan fingerprint density at radius 1 is 1.29 bits per heavy atom. The SMILES string of the molecule is COc1cc(N)cc(C(=O)NCC2(O)CCCCCC2)c1. The van der Waals surface area contributed by atoms with Crippen molar-refractivity contribution >= 4 is 11.6 Å². The van der Waals surface area contributed by atoms with Crippen LogP contribution in [0.25, 0.3) is 0 Å². The van der Waals surface area contributed by atoms with Gasteiger partial charge in [0.2, 0.25) is 0 Å². The van der Waals surface area contributed by atoms with Crippen molar-refractivity contribution < 1.29 is 14.6 Å². The first-order valence-corrected chi connectivity index (χ1v) is 7.48. The minimum absolute atomic E-state index is 0.238. The van der Waals surface area contributed by atoms with E-state index in [4.69, 9.17) is 10.5 Å². The molecule has 1 aromatic rings. The highest BCUT2D eigenvalue weighted by atomic mass is 16.5. The van der Waals surface area contributed by atoms with Gasteiger partial charge in [-0.15, -0.1) is 0 Å². The Kier molecular flexibility index (Phi) is 5.07. The smallest absolute Gasteiger partial charge is 0.251 e. The fourth-order valence-corrected chi connectivity index (χ4v) is 2.78. The van der Waals surface area contributed by atoms with E-state index in [-0.39, 0.29) is 12.5 Å². The molecule has 5 heteroatoms. The first-order chi connectivity index (χ1) is 10.0. The van der Waals surface area contributed by atoms with Gasteiger partial charge in [-0.1, -0.05) is 25.7 Å². The monoisotopic (exact) mass is 292 g/mol. The number of methoxy groups -OCH3 is 1. The number of rotatable bonds is 4. The van der Waals surface area contributed by atoms with Gasteiger partial charge in [0.05, 0.1) is 12.7 Å². The predicted octanol–water partition coefficient (Wildman–Crippen LogP) is 2.09. The minimum atomic E-state index is -0.781. The van der Waals surface area contributed by atoms with Gasteiger partial charge < -0.3 is 20.9 Å². The zero-order chi connectivity index (χ0) is 15.3. The zero-order valence-corrected chi connectivity index (χ0v) is 12.5. The number of hydrogen-bond acceptors (Lipinski definition) is 4. The highest BCUT2D eigenvalue weighted by Crippen LogP contribution is 2.26. The summed E-state index contributed by atoms with van der Waals surface area (Å²) in [7, 11) is 1.53. The summed E-state index contributed by atoms with van der Waals surface area (Å²) in [6.45, 7) is 0.281. The molecule has 1 saturated carbocycles. The molecule has 0 unspecified atom stereocenters. The number of nitrogens with two attached hydrogens (primary N) is 1. The van der Waals surface area contributed by atoms with E-state index in [1.807, 2.05) is 0 Å². The highest BCUT2D eigenvalue weighted by Gasteiger charge is 2.28. The molecule has 0 aliphatic heterocycles. The van der Waals surface area contributed by atoms with Crippen LogP contribution in [-0.2, 0) is 0 Å². The second-order valence-electron chi connectivity index (χ2n) is 5.82. The van der Waals surface area contributed by atoms with Gasteiger partial charge in [0, 0.05) is 23.9 Å². The van der Waals surface area contributed by atoms with Crippen LogP contribution in [0, 0.1) is 0 Å². The average Bonchev–Trinajstić information content (AvgIpc) is 2.69. The summed E-state index contributed by atoms with van der Waals surface area (Å²) in [6.07, 6.45) is 5.82. The molecule has 1 aliphatic rings. The normalized spacial score (nSPS) is 17.8. The maximum absolute atomic E-state index is 12.2. The van der Waals surface area contributed by atoms with Crippen LogP contribution in [0.4, 0.5) is 5.69 Å². The number of anilines is 1. The van der Waals surface area contributed by atoms with Crippen molar-refractivity contribution in [2.45, 2.75) is 44.1 Å². The van der Waals surface area contributed by atoms with Crippen molar-refractivity contribution in [1.29, 1.82) is 0 Å². The standard InChI is InChI=1S/C16H24N2O3/c1-21-14-9-12(8-13(17)10-14)15(19)18-11-16(20)6-4-2-3-5-7-16/h8-10,20H,2-7,11,17H2,1H3,(H,18,19). The van der Waals surface area contributed by atoms with E-state index in [2.05, 4.69) is 5.32 Å². The number of nitrogen functional groups attached to an aromatic ring is 1. The average molecular weight is 292 g/mol. The van der Waals surface area contributed by atoms with Crippen LogP contribution < -0.4 is 15.8 Å². The summed E-state index contributed by atoms with van der Waals surface area (Å²) in [5, 5.41) is 13.4. The molecule has 1 amide bonds. The van der Waals surface area contributed by atoms with E-state index in [1.165, 1.54) is 7.11 Å². The van der Waals surface area contributed by atoms with Crippen molar-refractivity contribution in [2.75, 3.05) is 19.4 Å². The molecule has 0 radical (unpaired) electrons. The Morgan fingerprint density at radius 3 is 2.57 bits per heavy atom. The molecule has 0 spiro atoms. The Bertz CT molecular complexity index is 494. The molecule has 0 atom stereocenters. The highest BCUT2D eigenvalue weighted by molar-refractivity contribution is 5.95. The first kappa shape index (κ1) is 15.6. The largest absolute Gasteiger partial charge is 0.497 e. The molecule has 4 N–H and O–H groups in total. The summed E-state index contributed by atoms with van der Waals surface area (Å²) >= 11 is 0. The Balaban J connectivity index is 1.99. The van der Waals surface area contributed by atoms with Gasteiger partial charge in [-0.2, -0.15) is 0 Å². The number of nitrogens with one attached hydrogen (secondary N) is 1. The molecule has 116 valence electrons. The van der Waals surface area contributed by atoms with Crippen LogP contribution in [0.15, 0.2) is 18.2 Å². The zero-order valence-electron chi connectivity index (χ0n) is 12.5. The molecular weight excluding hydrogens is 268 g/mol. The topological polar surface area (TPSA) is 84.6 Å². The second kappa shape index (κ2) is 6.80. The summed E-state index contributed by atoms with van der Waals surface area (Å²) in [4.78, 5) is 12.2. The number of hydrogen-bond donors (Lipinski definition) is 3. The Hall–Kier alpha value is -1.75. The van der Waals surface area contributed by atoms with Crippen molar-refractivity contribution in [3.05, 3.63) is 23.8 Å². The number of aliphatic hydroxyl groups is 1. The van der Waals surface area contributed by atoms with Crippen molar-refractivity contribution in [2.24, 2.45) is 0 Å². The van der Waals surface area contributed by atoms with Crippen LogP contribution in [-0.4, -0.2) is 30.3 Å². The van der Waals surface area contributed by atoms with Crippen LogP contribution in [0.1, 0.15) is 48.9 Å². The predicted molar refractivity (Wildman–Crippen MR) is 82.4 cm³/mol. The number of ether oxygens (including phenoxy) is 1. The number of benzene rings is 1. The van der Waals surface area contributed by atoms with Crippen molar-refractivity contribution in [3.63, 3.8) is 0 Å². The molecule has 0 heterocycles. The van der Waals surface area contributed by atoms with E-state index in [0.29, 0.717) is 17.0 Å². The number of carbonyl (C=O) groups is 1. The molecule has 1 fully saturated rings. The van der Waals surface area contributed by atoms with Gasteiger partial charge in [-0.25, -0.2) is 0 Å². The number of carbonyl (C=O) groups excluding carboxylic acids is 1. The summed E-state index contributed by atoms with van der Waals surface area (Å²) in [5.41, 5.74) is 5.90. The van der Waals surface area contributed by atoms with Gasteiger partial charge in [0.1, 0.15) is 5.75 Å². The van der Waals surface area contributed by atoms with Crippen LogP contribution in [0.5, 0.6) is 5.75 Å². The lowest BCUT2D eigenvalue weighted by Gasteiger charge is -2.26. The van der Waals surface area contributed by atoms with Gasteiger partial charge in [-0.05, 0) is 25.0 Å². The molecular formula is C16H24N2O3. The lowest BCUT2D eigenvalue weighted by atomic mass is 9.94. The third-order valence-corrected chi connectivity index (χ3v) is 4.04. The van der Waals surface area contributed by atoms with E-state index < -0.39 is 5.60 Å². The maximum Gasteiger partial charge on any atom is 0.251 e. The van der Waals surface area contributed by atoms with Crippen LogP contribution >= 0.6 is 0 Å². The lowest BCUT2D eigenvalue weighted by Crippen LogP contribution is -2.42. The Morgan fingerprint density at radius 2 is 1.95 bits per heavy atom. The molecule has 21 heavy (non-hydrogen) atoms. The van der Waals surface area contributed by atoms with Crippen molar-refractivity contribution in [3.8, 4) is 5.75 Å². The van der Waals surface area contributed by atoms with E-state index in [1.54, 1.807) is 18.2 Å².